The summed E-state index contributed by atoms with van der Waals surface area (Å²) in [7, 11) is 0. The van der Waals surface area contributed by atoms with E-state index in [2.05, 4.69) is 43.4 Å². The van der Waals surface area contributed by atoms with Crippen molar-refractivity contribution in [3.05, 3.63) is 70.8 Å². The molecule has 1 atom stereocenters. The zero-order valence-corrected chi connectivity index (χ0v) is 15.5. The predicted molar refractivity (Wildman–Crippen MR) is 103 cm³/mol. The average Bonchev–Trinajstić information content (AvgIpc) is 3.05. The number of hydrogen-bond donors (Lipinski definition) is 1. The van der Waals surface area contributed by atoms with Gasteiger partial charge >= 0.3 is 0 Å². The fourth-order valence-electron chi connectivity index (χ4n) is 3.31. The molecule has 0 bridgehead atoms. The van der Waals surface area contributed by atoms with E-state index in [1.54, 1.807) is 0 Å². The van der Waals surface area contributed by atoms with E-state index < -0.39 is 0 Å². The Balaban J connectivity index is 1.63. The van der Waals surface area contributed by atoms with E-state index in [0.29, 0.717) is 18.5 Å². The summed E-state index contributed by atoms with van der Waals surface area (Å²) in [6.45, 7) is 5.58. The number of hydrogen-bond acceptors (Lipinski definition) is 2. The lowest BCUT2D eigenvalue weighted by molar-refractivity contribution is -0.128. The molecule has 0 saturated carbocycles. The van der Waals surface area contributed by atoms with Crippen molar-refractivity contribution in [2.75, 3.05) is 6.54 Å². The van der Waals surface area contributed by atoms with Crippen molar-refractivity contribution in [1.29, 1.82) is 0 Å². The molecule has 1 fully saturated rings. The third kappa shape index (κ3) is 4.31. The van der Waals surface area contributed by atoms with Gasteiger partial charge in [0.05, 0.1) is 6.04 Å². The quantitative estimate of drug-likeness (QED) is 0.856. The number of nitrogens with zero attached hydrogens (tertiary/aromatic N) is 1. The molecule has 3 rings (SSSR count). The summed E-state index contributed by atoms with van der Waals surface area (Å²) in [6.07, 6.45) is 2.43. The Hall–Kier alpha value is -2.62. The third-order valence-electron chi connectivity index (χ3n) is 4.95. The van der Waals surface area contributed by atoms with E-state index >= 15 is 0 Å². The lowest BCUT2D eigenvalue weighted by Gasteiger charge is -2.18. The van der Waals surface area contributed by atoms with Gasteiger partial charge in [-0.25, -0.2) is 0 Å². The molecule has 1 saturated heterocycles. The minimum atomic E-state index is -0.0683. The molecule has 2 aromatic carbocycles. The van der Waals surface area contributed by atoms with Crippen LogP contribution in [0.2, 0.25) is 0 Å². The molecule has 1 aliphatic heterocycles. The minimum Gasteiger partial charge on any atom is -0.345 e. The van der Waals surface area contributed by atoms with Gasteiger partial charge in [-0.2, -0.15) is 0 Å². The van der Waals surface area contributed by atoms with Crippen molar-refractivity contribution in [3.63, 3.8) is 0 Å². The van der Waals surface area contributed by atoms with Gasteiger partial charge in [-0.3, -0.25) is 9.59 Å². The molecular formula is C22H26N2O2. The molecule has 1 aliphatic rings. The number of benzene rings is 2. The van der Waals surface area contributed by atoms with Crippen LogP contribution in [0.1, 0.15) is 59.3 Å². The van der Waals surface area contributed by atoms with Crippen LogP contribution in [-0.4, -0.2) is 23.3 Å². The third-order valence-corrected chi connectivity index (χ3v) is 4.95. The summed E-state index contributed by atoms with van der Waals surface area (Å²) in [5.41, 5.74) is 4.03. The van der Waals surface area contributed by atoms with Crippen molar-refractivity contribution in [2.24, 2.45) is 0 Å². The summed E-state index contributed by atoms with van der Waals surface area (Å²) in [5, 5.41) is 3.11. The Morgan fingerprint density at radius 2 is 1.81 bits per heavy atom. The van der Waals surface area contributed by atoms with Gasteiger partial charge in [0.1, 0.15) is 0 Å². The maximum atomic E-state index is 12.6. The van der Waals surface area contributed by atoms with Gasteiger partial charge in [-0.05, 0) is 43.0 Å². The van der Waals surface area contributed by atoms with E-state index in [1.807, 2.05) is 29.2 Å². The van der Waals surface area contributed by atoms with Crippen molar-refractivity contribution in [2.45, 2.75) is 45.7 Å². The van der Waals surface area contributed by atoms with Gasteiger partial charge in [-0.1, -0.05) is 48.9 Å². The molecule has 26 heavy (non-hydrogen) atoms. The van der Waals surface area contributed by atoms with E-state index in [0.717, 1.165) is 30.5 Å². The number of likely N-dealkylation sites (tertiary alicyclic amines) is 1. The summed E-state index contributed by atoms with van der Waals surface area (Å²) < 4.78 is 0. The van der Waals surface area contributed by atoms with Gasteiger partial charge in [0.15, 0.2) is 0 Å². The van der Waals surface area contributed by atoms with Crippen molar-refractivity contribution in [1.82, 2.24) is 10.2 Å². The molecule has 0 aromatic heterocycles. The fraction of sp³-hybridized carbons (Fsp3) is 0.364. The highest BCUT2D eigenvalue weighted by Crippen LogP contribution is 2.19. The van der Waals surface area contributed by atoms with Gasteiger partial charge in [0.2, 0.25) is 5.91 Å². The second-order valence-corrected chi connectivity index (χ2v) is 6.96. The summed E-state index contributed by atoms with van der Waals surface area (Å²) in [6, 6.07) is 15.8. The van der Waals surface area contributed by atoms with E-state index in [4.69, 9.17) is 0 Å². The normalized spacial score (nSPS) is 15.2. The summed E-state index contributed by atoms with van der Waals surface area (Å²) >= 11 is 0. The van der Waals surface area contributed by atoms with E-state index in [-0.39, 0.29) is 17.9 Å². The zero-order valence-electron chi connectivity index (χ0n) is 15.5. The lowest BCUT2D eigenvalue weighted by Crippen LogP contribution is -2.28. The molecule has 2 aromatic rings. The highest BCUT2D eigenvalue weighted by Gasteiger charge is 2.20. The number of amides is 2. The number of rotatable bonds is 6. The Kier molecular flexibility index (Phi) is 5.71. The first kappa shape index (κ1) is 18.2. The number of nitrogens with one attached hydrogen (secondary N) is 1. The first-order valence-corrected chi connectivity index (χ1v) is 9.31. The van der Waals surface area contributed by atoms with Crippen LogP contribution in [0.5, 0.6) is 0 Å². The van der Waals surface area contributed by atoms with Crippen LogP contribution < -0.4 is 5.32 Å². The Labute approximate surface area is 155 Å². The Bertz CT molecular complexity index is 766. The average molecular weight is 350 g/mol. The Morgan fingerprint density at radius 1 is 1.12 bits per heavy atom. The monoisotopic (exact) mass is 350 g/mol. The lowest BCUT2D eigenvalue weighted by atomic mass is 10.0. The van der Waals surface area contributed by atoms with Crippen molar-refractivity contribution >= 4 is 11.8 Å². The molecule has 0 spiro atoms. The topological polar surface area (TPSA) is 49.4 Å². The summed E-state index contributed by atoms with van der Waals surface area (Å²) in [4.78, 5) is 26.2. The number of carbonyl (C=O) groups is 2. The van der Waals surface area contributed by atoms with Crippen LogP contribution in [0.15, 0.2) is 48.5 Å². The standard InChI is InChI=1S/C22H26N2O2/c1-3-20(18-10-6-16(2)7-11-18)23-22(26)19-12-8-17(9-13-19)15-24-14-4-5-21(24)25/h6-13,20H,3-5,14-15H2,1-2H3,(H,23,26). The van der Waals surface area contributed by atoms with Crippen LogP contribution in [0.3, 0.4) is 0 Å². The zero-order chi connectivity index (χ0) is 18.5. The second kappa shape index (κ2) is 8.17. The Morgan fingerprint density at radius 3 is 2.38 bits per heavy atom. The van der Waals surface area contributed by atoms with E-state index in [9.17, 15) is 9.59 Å². The fourth-order valence-corrected chi connectivity index (χ4v) is 3.31. The van der Waals surface area contributed by atoms with Gasteiger partial charge in [0.25, 0.3) is 5.91 Å². The van der Waals surface area contributed by atoms with Crippen molar-refractivity contribution in [3.8, 4) is 0 Å². The smallest absolute Gasteiger partial charge is 0.251 e. The van der Waals surface area contributed by atoms with Crippen molar-refractivity contribution < 1.29 is 9.59 Å². The van der Waals surface area contributed by atoms with Crippen LogP contribution in [0, 0.1) is 6.92 Å². The largest absolute Gasteiger partial charge is 0.345 e. The molecule has 1 N–H and O–H groups in total. The molecule has 1 heterocycles. The number of aryl methyl sites for hydroxylation is 1. The molecule has 1 unspecified atom stereocenters. The molecule has 4 nitrogen and oxygen atoms in total. The van der Waals surface area contributed by atoms with Gasteiger partial charge in [0, 0.05) is 25.1 Å². The first-order valence-electron chi connectivity index (χ1n) is 9.31. The van der Waals surface area contributed by atoms with E-state index in [1.165, 1.54) is 5.56 Å². The highest BCUT2D eigenvalue weighted by atomic mass is 16.2. The molecule has 2 amide bonds. The maximum Gasteiger partial charge on any atom is 0.251 e. The molecule has 136 valence electrons. The van der Waals surface area contributed by atoms with Gasteiger partial charge < -0.3 is 10.2 Å². The number of carbonyl (C=O) groups excluding carboxylic acids is 2. The second-order valence-electron chi connectivity index (χ2n) is 6.96. The van der Waals surface area contributed by atoms with Crippen LogP contribution in [0.25, 0.3) is 0 Å². The van der Waals surface area contributed by atoms with Crippen LogP contribution in [-0.2, 0) is 11.3 Å². The SMILES string of the molecule is CCC(NC(=O)c1ccc(CN2CCCC2=O)cc1)c1ccc(C)cc1. The van der Waals surface area contributed by atoms with Crippen LogP contribution in [0.4, 0.5) is 0 Å². The minimum absolute atomic E-state index is 0.00463. The highest BCUT2D eigenvalue weighted by molar-refractivity contribution is 5.94. The predicted octanol–water partition coefficient (Wildman–Crippen LogP) is 4.00. The molecular weight excluding hydrogens is 324 g/mol. The molecule has 0 aliphatic carbocycles. The maximum absolute atomic E-state index is 12.6. The molecule has 4 heteroatoms. The molecule has 0 radical (unpaired) electrons. The summed E-state index contributed by atoms with van der Waals surface area (Å²) in [5.74, 6) is 0.150. The first-order chi connectivity index (χ1) is 12.6. The van der Waals surface area contributed by atoms with Gasteiger partial charge in [-0.15, -0.1) is 0 Å². The van der Waals surface area contributed by atoms with Crippen LogP contribution >= 0.6 is 0 Å².